The molecule has 1 atom stereocenters. The molecule has 0 aromatic rings. The van der Waals surface area contributed by atoms with Crippen LogP contribution in [0.4, 0.5) is 0 Å². The Balaban J connectivity index is 0. The van der Waals surface area contributed by atoms with Crippen LogP contribution in [0.5, 0.6) is 0 Å². The van der Waals surface area contributed by atoms with Crippen molar-refractivity contribution < 1.29 is 19.5 Å². The summed E-state index contributed by atoms with van der Waals surface area (Å²) in [7, 11) is -3.13. The zero-order valence-corrected chi connectivity index (χ0v) is 9.63. The molecule has 0 aliphatic carbocycles. The van der Waals surface area contributed by atoms with Crippen molar-refractivity contribution in [3.05, 3.63) is 0 Å². The molecule has 0 heterocycles. The number of hydrogen-bond acceptors (Lipinski definition) is 2. The van der Waals surface area contributed by atoms with Crippen LogP contribution in [0, 0.1) is 5.92 Å². The fourth-order valence-corrected chi connectivity index (χ4v) is 1.25. The molecule has 3 N–H and O–H groups in total. The average molecular weight is 253 g/mol. The molecule has 7 heteroatoms. The standard InChI is InChI=1S/C6H12Cl2O.H3O3P/c7-3-1-6(5-8)2-4-9;1-4(2)3/h6,9H,1-5H2;4H,(H2,1,2,3). The molecular formula is C6H15Cl2O4P. The van der Waals surface area contributed by atoms with Crippen LogP contribution in [0.3, 0.4) is 0 Å². The molecule has 0 saturated heterocycles. The molecule has 0 fully saturated rings. The highest BCUT2D eigenvalue weighted by Gasteiger charge is 2.04. The van der Waals surface area contributed by atoms with Crippen molar-refractivity contribution in [2.75, 3.05) is 18.4 Å². The Hall–Kier alpha value is 0.690. The number of hydrogen-bond donors (Lipinski definition) is 3. The third-order valence-electron chi connectivity index (χ3n) is 1.27. The summed E-state index contributed by atoms with van der Waals surface area (Å²) in [6.45, 7) is 0.217. The molecule has 0 bridgehead atoms. The minimum absolute atomic E-state index is 0.217. The Morgan fingerprint density at radius 3 is 1.92 bits per heavy atom. The molecule has 0 aliphatic rings. The maximum absolute atomic E-state index is 8.74. The van der Waals surface area contributed by atoms with Crippen LogP contribution >= 0.6 is 31.5 Å². The Morgan fingerprint density at radius 2 is 1.69 bits per heavy atom. The number of aliphatic hydroxyl groups excluding tert-OH is 1. The van der Waals surface area contributed by atoms with Gasteiger partial charge in [-0.3, -0.25) is 4.57 Å². The maximum Gasteiger partial charge on any atom is 0.314 e. The van der Waals surface area contributed by atoms with Crippen LogP contribution in [-0.2, 0) is 4.57 Å². The summed E-state index contributed by atoms with van der Waals surface area (Å²) < 4.78 is 8.74. The highest BCUT2D eigenvalue weighted by atomic mass is 35.5. The van der Waals surface area contributed by atoms with E-state index in [2.05, 4.69) is 0 Å². The summed E-state index contributed by atoms with van der Waals surface area (Å²) in [5.74, 6) is 1.64. The van der Waals surface area contributed by atoms with E-state index in [9.17, 15) is 0 Å². The normalized spacial score (nSPS) is 12.2. The Morgan fingerprint density at radius 1 is 1.23 bits per heavy atom. The van der Waals surface area contributed by atoms with Gasteiger partial charge in [0, 0.05) is 18.4 Å². The fraction of sp³-hybridized carbons (Fsp3) is 1.00. The summed E-state index contributed by atoms with van der Waals surface area (Å²) >= 11 is 11.0. The first-order valence-electron chi connectivity index (χ1n) is 3.73. The lowest BCUT2D eigenvalue weighted by atomic mass is 10.1. The highest BCUT2D eigenvalue weighted by Crippen LogP contribution is 2.10. The van der Waals surface area contributed by atoms with Crippen molar-refractivity contribution >= 4 is 31.5 Å². The number of alkyl halides is 2. The smallest absolute Gasteiger partial charge is 0.314 e. The predicted octanol–water partition coefficient (Wildman–Crippen LogP) is 1.21. The van der Waals surface area contributed by atoms with Crippen LogP contribution < -0.4 is 0 Å². The summed E-state index contributed by atoms with van der Waals surface area (Å²) in [4.78, 5) is 14.3. The van der Waals surface area contributed by atoms with Gasteiger partial charge in [0.05, 0.1) is 0 Å². The first kappa shape index (κ1) is 16.1. The monoisotopic (exact) mass is 252 g/mol. The zero-order valence-electron chi connectivity index (χ0n) is 7.12. The van der Waals surface area contributed by atoms with Gasteiger partial charge in [-0.1, -0.05) is 0 Å². The van der Waals surface area contributed by atoms with E-state index in [0.717, 1.165) is 12.8 Å². The van der Waals surface area contributed by atoms with E-state index in [1.165, 1.54) is 0 Å². The molecule has 13 heavy (non-hydrogen) atoms. The molecule has 0 aromatic carbocycles. The lowest BCUT2D eigenvalue weighted by molar-refractivity contribution is 0.262. The van der Waals surface area contributed by atoms with Crippen molar-refractivity contribution in [3.8, 4) is 0 Å². The van der Waals surface area contributed by atoms with E-state index >= 15 is 0 Å². The second-order valence-electron chi connectivity index (χ2n) is 2.29. The van der Waals surface area contributed by atoms with E-state index in [0.29, 0.717) is 17.7 Å². The third-order valence-corrected chi connectivity index (χ3v) is 1.93. The Bertz CT molecular complexity index is 115. The molecule has 0 amide bonds. The molecule has 0 saturated carbocycles. The first-order valence-corrected chi connectivity index (χ1v) is 6.10. The van der Waals surface area contributed by atoms with Crippen molar-refractivity contribution in [1.82, 2.24) is 0 Å². The maximum atomic E-state index is 8.74. The molecule has 0 aliphatic heterocycles. The predicted molar refractivity (Wildman–Crippen MR) is 54.7 cm³/mol. The van der Waals surface area contributed by atoms with Crippen molar-refractivity contribution in [2.45, 2.75) is 12.8 Å². The number of halogens is 2. The first-order chi connectivity index (χ1) is 6.08. The fourth-order valence-electron chi connectivity index (χ4n) is 0.636. The molecule has 0 aromatic heterocycles. The van der Waals surface area contributed by atoms with Crippen LogP contribution in [0.2, 0.25) is 0 Å². The minimum atomic E-state index is -3.13. The quantitative estimate of drug-likeness (QED) is 0.508. The molecule has 1 unspecified atom stereocenters. The van der Waals surface area contributed by atoms with E-state index in [4.69, 9.17) is 42.7 Å². The third kappa shape index (κ3) is 19.2. The largest absolute Gasteiger partial charge is 0.396 e. The van der Waals surface area contributed by atoms with Crippen LogP contribution in [-0.4, -0.2) is 33.3 Å². The summed E-state index contributed by atoms with van der Waals surface area (Å²) in [5.41, 5.74) is 0. The van der Waals surface area contributed by atoms with Gasteiger partial charge in [-0.05, 0) is 18.8 Å². The van der Waals surface area contributed by atoms with Gasteiger partial charge in [0.15, 0.2) is 0 Å². The summed E-state index contributed by atoms with van der Waals surface area (Å²) in [5, 5.41) is 8.49. The lowest BCUT2D eigenvalue weighted by Crippen LogP contribution is -2.05. The van der Waals surface area contributed by atoms with E-state index < -0.39 is 8.25 Å². The number of rotatable bonds is 5. The lowest BCUT2D eigenvalue weighted by Gasteiger charge is -2.08. The van der Waals surface area contributed by atoms with E-state index in [1.54, 1.807) is 0 Å². The second kappa shape index (κ2) is 12.7. The van der Waals surface area contributed by atoms with Gasteiger partial charge < -0.3 is 14.9 Å². The van der Waals surface area contributed by atoms with Gasteiger partial charge in [-0.15, -0.1) is 23.2 Å². The van der Waals surface area contributed by atoms with Crippen LogP contribution in [0.15, 0.2) is 0 Å². The molecule has 0 rings (SSSR count). The van der Waals surface area contributed by atoms with Gasteiger partial charge in [0.2, 0.25) is 0 Å². The molecule has 82 valence electrons. The van der Waals surface area contributed by atoms with Crippen molar-refractivity contribution in [3.63, 3.8) is 0 Å². The summed E-state index contributed by atoms with van der Waals surface area (Å²) in [6.07, 6.45) is 1.68. The van der Waals surface area contributed by atoms with Crippen LogP contribution in [0.25, 0.3) is 0 Å². The second-order valence-corrected chi connectivity index (χ2v) is 3.54. The van der Waals surface area contributed by atoms with Gasteiger partial charge in [0.1, 0.15) is 0 Å². The summed E-state index contributed by atoms with van der Waals surface area (Å²) in [6, 6.07) is 0. The SMILES string of the molecule is O=[PH](O)O.OCCC(CCl)CCCl. The average Bonchev–Trinajstić information content (AvgIpc) is 2.03. The minimum Gasteiger partial charge on any atom is -0.396 e. The topological polar surface area (TPSA) is 77.8 Å². The van der Waals surface area contributed by atoms with Gasteiger partial charge in [-0.2, -0.15) is 0 Å². The molecule has 0 radical (unpaired) electrons. The molecular weight excluding hydrogens is 238 g/mol. The molecule has 4 nitrogen and oxygen atoms in total. The highest BCUT2D eigenvalue weighted by molar-refractivity contribution is 7.30. The van der Waals surface area contributed by atoms with E-state index in [-0.39, 0.29) is 6.61 Å². The van der Waals surface area contributed by atoms with Gasteiger partial charge in [-0.25, -0.2) is 0 Å². The van der Waals surface area contributed by atoms with Crippen molar-refractivity contribution in [1.29, 1.82) is 0 Å². The number of aliphatic hydroxyl groups is 1. The van der Waals surface area contributed by atoms with E-state index in [1.807, 2.05) is 0 Å². The van der Waals surface area contributed by atoms with Gasteiger partial charge in [0.25, 0.3) is 0 Å². The van der Waals surface area contributed by atoms with Crippen LogP contribution in [0.1, 0.15) is 12.8 Å². The van der Waals surface area contributed by atoms with Crippen molar-refractivity contribution in [2.24, 2.45) is 5.92 Å². The zero-order chi connectivity index (χ0) is 10.7. The Labute approximate surface area is 88.4 Å². The molecule has 0 spiro atoms. The Kier molecular flexibility index (Phi) is 15.7. The van der Waals surface area contributed by atoms with Gasteiger partial charge >= 0.3 is 8.25 Å².